The number of aliphatic hydroxyl groups is 1. The summed E-state index contributed by atoms with van der Waals surface area (Å²) < 4.78 is 12.6. The highest BCUT2D eigenvalue weighted by Crippen LogP contribution is 2.52. The van der Waals surface area contributed by atoms with Gasteiger partial charge in [-0.2, -0.15) is 0 Å². The number of rotatable bonds is 4. The van der Waals surface area contributed by atoms with Crippen LogP contribution in [0.1, 0.15) is 22.6 Å². The van der Waals surface area contributed by atoms with Crippen LogP contribution in [0.5, 0.6) is 0 Å². The molecule has 2 aromatic heterocycles. The van der Waals surface area contributed by atoms with Crippen LogP contribution < -0.4 is 0 Å². The Balaban J connectivity index is 1.40. The molecule has 0 aromatic carbocycles. The largest absolute Gasteiger partial charge is 0.459 e. The number of hydrogen-bond acceptors (Lipinski definition) is 6. The molecule has 5 heterocycles. The van der Waals surface area contributed by atoms with Crippen molar-refractivity contribution in [2.45, 2.75) is 48.8 Å². The number of piperidine rings is 1. The van der Waals surface area contributed by atoms with Gasteiger partial charge in [0, 0.05) is 12.8 Å². The van der Waals surface area contributed by atoms with Gasteiger partial charge in [0.15, 0.2) is 0 Å². The van der Waals surface area contributed by atoms with Gasteiger partial charge >= 0.3 is 5.97 Å². The molecular weight excluding hydrogens is 370 g/mol. The topological polar surface area (TPSA) is 59.1 Å². The molecule has 26 heavy (non-hydrogen) atoms. The molecule has 7 heteroatoms. The summed E-state index contributed by atoms with van der Waals surface area (Å²) in [6.07, 6.45) is 2.05. The molecule has 3 aliphatic heterocycles. The number of hydrogen-bond donors (Lipinski definition) is 1. The molecule has 2 bridgehead atoms. The summed E-state index contributed by atoms with van der Waals surface area (Å²) in [4.78, 5) is 14.3. The molecule has 0 aliphatic carbocycles. The Morgan fingerprint density at radius 3 is 2.15 bits per heavy atom. The number of quaternary nitrogens is 1. The molecule has 0 amide bonds. The third-order valence-electron chi connectivity index (χ3n) is 6.36. The van der Waals surface area contributed by atoms with Crippen LogP contribution in [0.3, 0.4) is 0 Å². The van der Waals surface area contributed by atoms with Crippen molar-refractivity contribution in [1.29, 1.82) is 0 Å². The van der Waals surface area contributed by atoms with Gasteiger partial charge in [-0.25, -0.2) is 4.79 Å². The zero-order valence-electron chi connectivity index (χ0n) is 14.7. The van der Waals surface area contributed by atoms with E-state index in [9.17, 15) is 9.90 Å². The van der Waals surface area contributed by atoms with Crippen molar-refractivity contribution in [3.8, 4) is 0 Å². The van der Waals surface area contributed by atoms with E-state index in [0.29, 0.717) is 34.0 Å². The minimum Gasteiger partial charge on any atom is -0.459 e. The van der Waals surface area contributed by atoms with E-state index < -0.39 is 11.6 Å². The number of epoxide rings is 1. The summed E-state index contributed by atoms with van der Waals surface area (Å²) in [5.41, 5.74) is -1.72. The lowest BCUT2D eigenvalue weighted by Crippen LogP contribution is -2.60. The van der Waals surface area contributed by atoms with E-state index in [-0.39, 0.29) is 6.10 Å². The summed E-state index contributed by atoms with van der Waals surface area (Å²) in [5, 5.41) is 15.1. The third kappa shape index (κ3) is 2.28. The molecule has 2 aromatic rings. The molecule has 3 saturated heterocycles. The Bertz CT molecular complexity index is 762. The predicted molar refractivity (Wildman–Crippen MR) is 99.1 cm³/mol. The highest BCUT2D eigenvalue weighted by atomic mass is 32.1. The first kappa shape index (κ1) is 16.9. The molecule has 5 rings (SSSR count). The van der Waals surface area contributed by atoms with Gasteiger partial charge in [0.05, 0.1) is 23.8 Å². The van der Waals surface area contributed by atoms with Gasteiger partial charge < -0.3 is 19.1 Å². The van der Waals surface area contributed by atoms with E-state index in [1.165, 1.54) is 22.7 Å². The summed E-state index contributed by atoms with van der Waals surface area (Å²) >= 11 is 2.74. The maximum Gasteiger partial charge on any atom is 0.349 e. The fourth-order valence-electron chi connectivity index (χ4n) is 4.83. The third-order valence-corrected chi connectivity index (χ3v) is 8.32. The van der Waals surface area contributed by atoms with Gasteiger partial charge in [0.2, 0.25) is 5.60 Å². The molecule has 1 N–H and O–H groups in total. The van der Waals surface area contributed by atoms with E-state index >= 15 is 0 Å². The Hall–Kier alpha value is -1.25. The molecule has 0 saturated carbocycles. The van der Waals surface area contributed by atoms with E-state index in [1.54, 1.807) is 12.1 Å². The zero-order valence-corrected chi connectivity index (χ0v) is 16.3. The number of nitrogens with zero attached hydrogens (tertiary/aromatic N) is 1. The highest BCUT2D eigenvalue weighted by molar-refractivity contribution is 7.12. The summed E-state index contributed by atoms with van der Waals surface area (Å²) in [7, 11) is 4.49. The molecule has 5 atom stereocenters. The first-order valence-electron chi connectivity index (χ1n) is 8.92. The van der Waals surface area contributed by atoms with Crippen LogP contribution in [-0.2, 0) is 19.9 Å². The van der Waals surface area contributed by atoms with Crippen molar-refractivity contribution in [3.05, 3.63) is 44.8 Å². The second kappa shape index (κ2) is 5.62. The normalized spacial score (nSPS) is 34.3. The van der Waals surface area contributed by atoms with E-state index in [1.807, 2.05) is 22.9 Å². The predicted octanol–water partition coefficient (Wildman–Crippen LogP) is 2.35. The monoisotopic (exact) mass is 392 g/mol. The van der Waals surface area contributed by atoms with Crippen LogP contribution in [0.4, 0.5) is 0 Å². The van der Waals surface area contributed by atoms with Gasteiger partial charge in [0.25, 0.3) is 0 Å². The van der Waals surface area contributed by atoms with Crippen LogP contribution in [0.15, 0.2) is 35.0 Å². The van der Waals surface area contributed by atoms with E-state index in [2.05, 4.69) is 14.1 Å². The van der Waals surface area contributed by atoms with Gasteiger partial charge in [-0.05, 0) is 22.9 Å². The number of esters is 1. The van der Waals surface area contributed by atoms with Gasteiger partial charge in [-0.1, -0.05) is 12.1 Å². The number of fused-ring (bicyclic) bond motifs is 5. The molecule has 138 valence electrons. The van der Waals surface area contributed by atoms with Gasteiger partial charge in [-0.3, -0.25) is 0 Å². The van der Waals surface area contributed by atoms with Gasteiger partial charge in [0.1, 0.15) is 30.4 Å². The summed E-state index contributed by atoms with van der Waals surface area (Å²) in [6.45, 7) is 0. The second-order valence-electron chi connectivity index (χ2n) is 7.99. The molecular formula is C19H22NO4S2+. The fraction of sp³-hybridized carbons (Fsp3) is 0.526. The fourth-order valence-corrected chi connectivity index (χ4v) is 6.54. The SMILES string of the molecule is C[N+]1(C)[C@@H]2CC(OC(=O)C(O)(c3cccs3)c3cccs3)C[C@H]1[C@@H]1O[C@H]12. The lowest BCUT2D eigenvalue weighted by Gasteiger charge is -2.45. The maximum absolute atomic E-state index is 13.1. The highest BCUT2D eigenvalue weighted by Gasteiger charge is 2.71. The Kier molecular flexibility index (Phi) is 3.65. The standard InChI is InChI=1S/C19H22NO4S2/c1-20(2)12-9-11(10-13(20)17-16(12)24-17)23-18(21)19(22,14-5-3-7-25-14)15-6-4-8-26-15/h3-8,11-13,16-17,22H,9-10H2,1-2H3/q+1/t11?,12-,13+,16-,17-/m0/s1. The number of carbonyl (C=O) groups is 1. The lowest BCUT2D eigenvalue weighted by atomic mass is 9.95. The molecule has 3 fully saturated rings. The van der Waals surface area contributed by atoms with Gasteiger partial charge in [-0.15, -0.1) is 22.7 Å². The Labute approximate surface area is 160 Å². The first-order chi connectivity index (χ1) is 12.4. The minimum atomic E-state index is -1.72. The summed E-state index contributed by atoms with van der Waals surface area (Å²) in [6, 6.07) is 8.01. The van der Waals surface area contributed by atoms with Crippen molar-refractivity contribution < 1.29 is 23.9 Å². The second-order valence-corrected chi connectivity index (χ2v) is 9.89. The number of ether oxygens (including phenoxy) is 2. The van der Waals surface area contributed by atoms with Crippen LogP contribution in [0.25, 0.3) is 0 Å². The number of morpholine rings is 1. The maximum atomic E-state index is 13.1. The van der Waals surface area contributed by atoms with Crippen molar-refractivity contribution in [2.75, 3.05) is 14.1 Å². The van der Waals surface area contributed by atoms with E-state index in [0.717, 1.165) is 17.3 Å². The number of thiophene rings is 2. The van der Waals surface area contributed by atoms with Crippen molar-refractivity contribution in [2.24, 2.45) is 0 Å². The van der Waals surface area contributed by atoms with Crippen LogP contribution in [0.2, 0.25) is 0 Å². The smallest absolute Gasteiger partial charge is 0.349 e. The van der Waals surface area contributed by atoms with Crippen molar-refractivity contribution >= 4 is 28.6 Å². The minimum absolute atomic E-state index is 0.161. The number of likely N-dealkylation sites (N-methyl/N-ethyl adjacent to an activating group) is 1. The Morgan fingerprint density at radius 1 is 1.15 bits per heavy atom. The van der Waals surface area contributed by atoms with Crippen LogP contribution >= 0.6 is 22.7 Å². The summed E-state index contributed by atoms with van der Waals surface area (Å²) in [5.74, 6) is -0.561. The van der Waals surface area contributed by atoms with Crippen LogP contribution in [0, 0.1) is 0 Å². The molecule has 5 nitrogen and oxygen atoms in total. The Morgan fingerprint density at radius 2 is 1.69 bits per heavy atom. The molecule has 0 radical (unpaired) electrons. The first-order valence-corrected chi connectivity index (χ1v) is 10.7. The quantitative estimate of drug-likeness (QED) is 0.493. The van der Waals surface area contributed by atoms with Crippen molar-refractivity contribution in [3.63, 3.8) is 0 Å². The van der Waals surface area contributed by atoms with Crippen molar-refractivity contribution in [1.82, 2.24) is 0 Å². The average Bonchev–Trinajstić information content (AvgIpc) is 2.98. The van der Waals surface area contributed by atoms with Crippen LogP contribution in [-0.4, -0.2) is 60.0 Å². The van der Waals surface area contributed by atoms with E-state index in [4.69, 9.17) is 9.47 Å². The number of carbonyl (C=O) groups excluding carboxylic acids is 1. The lowest BCUT2D eigenvalue weighted by molar-refractivity contribution is -0.938. The zero-order chi connectivity index (χ0) is 18.1. The molecule has 0 spiro atoms. The molecule has 1 unspecified atom stereocenters. The average molecular weight is 393 g/mol. The molecule has 3 aliphatic rings.